The SMILES string of the molecule is O=C(CSCc1cccc(Br)c1)NN=Cc1cccc(Br)c1. The molecule has 0 fully saturated rings. The number of hydrogen-bond donors (Lipinski definition) is 1. The van der Waals surface area contributed by atoms with E-state index in [-0.39, 0.29) is 5.91 Å². The first kappa shape index (κ1) is 17.2. The molecule has 1 N–H and O–H groups in total. The van der Waals surface area contributed by atoms with Crippen molar-refractivity contribution in [2.45, 2.75) is 5.75 Å². The maximum absolute atomic E-state index is 11.7. The van der Waals surface area contributed by atoms with Gasteiger partial charge in [0.1, 0.15) is 0 Å². The number of carbonyl (C=O) groups is 1. The van der Waals surface area contributed by atoms with Gasteiger partial charge in [0.05, 0.1) is 12.0 Å². The Hall–Kier alpha value is -1.11. The lowest BCUT2D eigenvalue weighted by atomic mass is 10.2. The predicted octanol–water partition coefficient (Wildman–Crippen LogP) is 4.60. The Kier molecular flexibility index (Phi) is 7.15. The van der Waals surface area contributed by atoms with Crippen molar-refractivity contribution in [2.75, 3.05) is 5.75 Å². The summed E-state index contributed by atoms with van der Waals surface area (Å²) in [6.07, 6.45) is 1.63. The Balaban J connectivity index is 1.72. The van der Waals surface area contributed by atoms with Crippen LogP contribution in [0.4, 0.5) is 0 Å². The molecule has 2 rings (SSSR count). The molecule has 2 aromatic carbocycles. The van der Waals surface area contributed by atoms with Gasteiger partial charge < -0.3 is 0 Å². The van der Waals surface area contributed by atoms with Crippen LogP contribution in [0.15, 0.2) is 62.6 Å². The van der Waals surface area contributed by atoms with E-state index in [2.05, 4.69) is 48.5 Å². The summed E-state index contributed by atoms with van der Waals surface area (Å²) in [7, 11) is 0. The van der Waals surface area contributed by atoms with Gasteiger partial charge >= 0.3 is 0 Å². The van der Waals surface area contributed by atoms with Gasteiger partial charge in [-0.1, -0.05) is 56.1 Å². The van der Waals surface area contributed by atoms with E-state index in [1.165, 1.54) is 5.56 Å². The molecule has 0 radical (unpaired) electrons. The topological polar surface area (TPSA) is 41.5 Å². The molecule has 0 saturated heterocycles. The number of nitrogens with zero attached hydrogens (tertiary/aromatic N) is 1. The monoisotopic (exact) mass is 440 g/mol. The Morgan fingerprint density at radius 3 is 2.59 bits per heavy atom. The molecular weight excluding hydrogens is 428 g/mol. The van der Waals surface area contributed by atoms with E-state index >= 15 is 0 Å². The first-order valence-electron chi connectivity index (χ1n) is 6.53. The van der Waals surface area contributed by atoms with Crippen molar-refractivity contribution in [2.24, 2.45) is 5.10 Å². The summed E-state index contributed by atoms with van der Waals surface area (Å²) >= 11 is 8.38. The van der Waals surface area contributed by atoms with Gasteiger partial charge in [-0.05, 0) is 35.4 Å². The lowest BCUT2D eigenvalue weighted by Gasteiger charge is -2.02. The highest BCUT2D eigenvalue weighted by Crippen LogP contribution is 2.16. The molecule has 3 nitrogen and oxygen atoms in total. The average molecular weight is 442 g/mol. The van der Waals surface area contributed by atoms with Crippen LogP contribution in [0.5, 0.6) is 0 Å². The summed E-state index contributed by atoms with van der Waals surface area (Å²) in [6.45, 7) is 0. The molecule has 2 aromatic rings. The van der Waals surface area contributed by atoms with Crippen LogP contribution >= 0.6 is 43.6 Å². The third kappa shape index (κ3) is 6.34. The predicted molar refractivity (Wildman–Crippen MR) is 100 cm³/mol. The van der Waals surface area contributed by atoms with Gasteiger partial charge in [0.2, 0.25) is 5.91 Å². The first-order chi connectivity index (χ1) is 10.6. The number of thioether (sulfide) groups is 1. The van der Waals surface area contributed by atoms with Crippen LogP contribution in [0.25, 0.3) is 0 Å². The summed E-state index contributed by atoms with van der Waals surface area (Å²) in [5.74, 6) is 1.07. The van der Waals surface area contributed by atoms with Crippen LogP contribution in [0.2, 0.25) is 0 Å². The molecule has 0 heterocycles. The van der Waals surface area contributed by atoms with Crippen molar-refractivity contribution in [1.82, 2.24) is 5.43 Å². The van der Waals surface area contributed by atoms with E-state index < -0.39 is 0 Å². The maximum atomic E-state index is 11.7. The highest BCUT2D eigenvalue weighted by Gasteiger charge is 2.01. The van der Waals surface area contributed by atoms with E-state index in [1.54, 1.807) is 18.0 Å². The number of hydrazone groups is 1. The van der Waals surface area contributed by atoms with E-state index in [4.69, 9.17) is 0 Å². The van der Waals surface area contributed by atoms with Gasteiger partial charge in [-0.15, -0.1) is 11.8 Å². The fourth-order valence-electron chi connectivity index (χ4n) is 1.69. The molecule has 1 amide bonds. The molecule has 0 unspecified atom stereocenters. The zero-order chi connectivity index (χ0) is 15.8. The van der Waals surface area contributed by atoms with Crippen LogP contribution in [-0.2, 0) is 10.5 Å². The van der Waals surface area contributed by atoms with Gasteiger partial charge in [0, 0.05) is 14.7 Å². The third-order valence-corrected chi connectivity index (χ3v) is 4.63. The van der Waals surface area contributed by atoms with Crippen molar-refractivity contribution < 1.29 is 4.79 Å². The molecule has 114 valence electrons. The highest BCUT2D eigenvalue weighted by atomic mass is 79.9. The van der Waals surface area contributed by atoms with Crippen molar-refractivity contribution in [3.8, 4) is 0 Å². The molecule has 0 aliphatic heterocycles. The fraction of sp³-hybridized carbons (Fsp3) is 0.125. The Morgan fingerprint density at radius 1 is 1.14 bits per heavy atom. The van der Waals surface area contributed by atoms with Crippen LogP contribution in [-0.4, -0.2) is 17.9 Å². The summed E-state index contributed by atoms with van der Waals surface area (Å²) in [5.41, 5.74) is 4.65. The van der Waals surface area contributed by atoms with Crippen LogP contribution in [0.3, 0.4) is 0 Å². The fourth-order valence-corrected chi connectivity index (χ4v) is 3.32. The van der Waals surface area contributed by atoms with E-state index in [0.29, 0.717) is 5.75 Å². The quantitative estimate of drug-likeness (QED) is 0.525. The van der Waals surface area contributed by atoms with E-state index in [1.807, 2.05) is 42.5 Å². The Bertz CT molecular complexity index is 677. The number of carbonyl (C=O) groups excluding carboxylic acids is 1. The number of benzene rings is 2. The minimum Gasteiger partial charge on any atom is -0.272 e. The maximum Gasteiger partial charge on any atom is 0.250 e. The molecule has 0 aliphatic rings. The van der Waals surface area contributed by atoms with Gasteiger partial charge in [-0.25, -0.2) is 5.43 Å². The second-order valence-electron chi connectivity index (χ2n) is 4.47. The smallest absolute Gasteiger partial charge is 0.250 e. The highest BCUT2D eigenvalue weighted by molar-refractivity contribution is 9.10. The zero-order valence-corrected chi connectivity index (χ0v) is 15.6. The zero-order valence-electron chi connectivity index (χ0n) is 11.6. The standard InChI is InChI=1S/C16H14Br2N2OS/c17-14-5-1-3-12(7-14)9-19-20-16(21)11-22-10-13-4-2-6-15(18)8-13/h1-9H,10-11H2,(H,20,21). The number of halogens is 2. The molecule has 6 heteroatoms. The summed E-state index contributed by atoms with van der Waals surface area (Å²) in [4.78, 5) is 11.7. The van der Waals surface area contributed by atoms with Crippen molar-refractivity contribution in [3.05, 3.63) is 68.6 Å². The molecular formula is C16H14Br2N2OS. The number of hydrogen-bond acceptors (Lipinski definition) is 3. The Morgan fingerprint density at radius 2 is 1.86 bits per heavy atom. The molecule has 0 aliphatic carbocycles. The van der Waals surface area contributed by atoms with Gasteiger partial charge in [0.15, 0.2) is 0 Å². The molecule has 0 spiro atoms. The van der Waals surface area contributed by atoms with Crippen LogP contribution in [0.1, 0.15) is 11.1 Å². The Labute approximate surface area is 150 Å². The van der Waals surface area contributed by atoms with Gasteiger partial charge in [-0.3, -0.25) is 4.79 Å². The summed E-state index contributed by atoms with van der Waals surface area (Å²) in [6, 6.07) is 15.8. The number of nitrogens with one attached hydrogen (secondary N) is 1. The van der Waals surface area contributed by atoms with Crippen molar-refractivity contribution in [1.29, 1.82) is 0 Å². The summed E-state index contributed by atoms with van der Waals surface area (Å²) in [5, 5.41) is 3.96. The average Bonchev–Trinajstić information content (AvgIpc) is 2.47. The molecule has 0 bridgehead atoms. The minimum atomic E-state index is -0.105. The second kappa shape index (κ2) is 9.12. The largest absolute Gasteiger partial charge is 0.272 e. The van der Waals surface area contributed by atoms with Gasteiger partial charge in [0.25, 0.3) is 0 Å². The summed E-state index contributed by atoms with van der Waals surface area (Å²) < 4.78 is 2.03. The van der Waals surface area contributed by atoms with Gasteiger partial charge in [-0.2, -0.15) is 5.10 Å². The van der Waals surface area contributed by atoms with Crippen molar-refractivity contribution >= 4 is 55.7 Å². The second-order valence-corrected chi connectivity index (χ2v) is 7.29. The third-order valence-electron chi connectivity index (χ3n) is 2.64. The molecule has 0 aromatic heterocycles. The molecule has 0 atom stereocenters. The minimum absolute atomic E-state index is 0.105. The molecule has 22 heavy (non-hydrogen) atoms. The lowest BCUT2D eigenvalue weighted by molar-refractivity contribution is -0.118. The number of rotatable bonds is 6. The molecule has 0 saturated carbocycles. The number of amides is 1. The van der Waals surface area contributed by atoms with E-state index in [9.17, 15) is 4.79 Å². The first-order valence-corrected chi connectivity index (χ1v) is 9.27. The normalized spacial score (nSPS) is 10.8. The van der Waals surface area contributed by atoms with E-state index in [0.717, 1.165) is 20.3 Å². The van der Waals surface area contributed by atoms with Crippen LogP contribution < -0.4 is 5.43 Å². The van der Waals surface area contributed by atoms with Crippen LogP contribution in [0, 0.1) is 0 Å². The van der Waals surface area contributed by atoms with Crippen molar-refractivity contribution in [3.63, 3.8) is 0 Å². The lowest BCUT2D eigenvalue weighted by Crippen LogP contribution is -2.19.